The molecule has 2 aliphatic heterocycles. The van der Waals surface area contributed by atoms with E-state index in [1.807, 2.05) is 49.9 Å². The molecule has 2 aromatic carbocycles. The molecule has 0 unspecified atom stereocenters. The Labute approximate surface area is 319 Å². The average Bonchev–Trinajstić information content (AvgIpc) is 3.45. The first-order valence-electron chi connectivity index (χ1n) is 18.2. The first-order chi connectivity index (χ1) is 26.7. The van der Waals surface area contributed by atoms with Crippen LogP contribution in [0.4, 0.5) is 29.6 Å². The number of pyridine rings is 2. The van der Waals surface area contributed by atoms with Gasteiger partial charge < -0.3 is 24.2 Å². The molecule has 0 spiro atoms. The summed E-state index contributed by atoms with van der Waals surface area (Å²) in [7, 11) is 3.11. The van der Waals surface area contributed by atoms with E-state index in [2.05, 4.69) is 15.0 Å². The van der Waals surface area contributed by atoms with Crippen LogP contribution >= 0.6 is 0 Å². The van der Waals surface area contributed by atoms with Crippen LogP contribution in [0, 0.1) is 0 Å². The lowest BCUT2D eigenvalue weighted by molar-refractivity contribution is -0.137. The maximum absolute atomic E-state index is 14.9. The highest BCUT2D eigenvalue weighted by Crippen LogP contribution is 2.39. The Morgan fingerprint density at radius 2 is 1.59 bits per heavy atom. The van der Waals surface area contributed by atoms with E-state index in [0.29, 0.717) is 79.5 Å². The number of amides is 1. The lowest BCUT2D eigenvalue weighted by Crippen LogP contribution is -2.48. The molecule has 13 nitrogen and oxygen atoms in total. The molecule has 2 aliphatic rings. The van der Waals surface area contributed by atoms with Gasteiger partial charge in [-0.1, -0.05) is 6.07 Å². The Morgan fingerprint density at radius 3 is 2.29 bits per heavy atom. The third kappa shape index (κ3) is 6.83. The number of alkyl halides is 3. The first kappa shape index (κ1) is 36.8. The van der Waals surface area contributed by atoms with Crippen molar-refractivity contribution in [3.8, 4) is 22.7 Å². The van der Waals surface area contributed by atoms with E-state index < -0.39 is 23.0 Å². The number of imidazole rings is 1. The quantitative estimate of drug-likeness (QED) is 0.195. The third-order valence-corrected chi connectivity index (χ3v) is 10.2. The molecule has 1 saturated heterocycles. The number of carbonyl (C=O) groups is 1. The normalized spacial score (nSPS) is 15.0. The van der Waals surface area contributed by atoms with Gasteiger partial charge in [0.1, 0.15) is 5.60 Å². The van der Waals surface area contributed by atoms with Crippen LogP contribution in [0.2, 0.25) is 0 Å². The number of rotatable bonds is 5. The van der Waals surface area contributed by atoms with Crippen LogP contribution in [-0.2, 0) is 30.9 Å². The lowest BCUT2D eigenvalue weighted by atomic mass is 10.0. The number of hydrogen-bond donors (Lipinski definition) is 0. The fourth-order valence-corrected chi connectivity index (χ4v) is 7.34. The van der Waals surface area contributed by atoms with Crippen molar-refractivity contribution < 1.29 is 27.4 Å². The number of anilines is 2. The number of aromatic nitrogens is 6. The molecule has 8 rings (SSSR count). The van der Waals surface area contributed by atoms with Gasteiger partial charge in [0, 0.05) is 86.9 Å². The molecule has 0 saturated carbocycles. The van der Waals surface area contributed by atoms with Crippen LogP contribution in [-0.4, -0.2) is 85.5 Å². The zero-order valence-electron chi connectivity index (χ0n) is 31.6. The molecule has 290 valence electrons. The van der Waals surface area contributed by atoms with Gasteiger partial charge in [0.05, 0.1) is 53.3 Å². The number of benzene rings is 2. The van der Waals surface area contributed by atoms with Gasteiger partial charge in [-0.15, -0.1) is 0 Å². The van der Waals surface area contributed by atoms with Crippen molar-refractivity contribution >= 4 is 39.7 Å². The molecule has 0 atom stereocenters. The lowest BCUT2D eigenvalue weighted by Gasteiger charge is -2.37. The van der Waals surface area contributed by atoms with E-state index in [9.17, 15) is 22.8 Å². The van der Waals surface area contributed by atoms with Crippen molar-refractivity contribution in [3.05, 3.63) is 94.4 Å². The number of piperazine rings is 1. The zero-order chi connectivity index (χ0) is 39.5. The molecule has 6 aromatic rings. The zero-order valence-corrected chi connectivity index (χ0v) is 31.6. The predicted octanol–water partition coefficient (Wildman–Crippen LogP) is 6.38. The van der Waals surface area contributed by atoms with Gasteiger partial charge in [-0.05, 0) is 62.7 Å². The summed E-state index contributed by atoms with van der Waals surface area (Å²) in [5, 5.41) is 0.604. The topological polar surface area (TPSA) is 124 Å². The van der Waals surface area contributed by atoms with Crippen molar-refractivity contribution in [1.82, 2.24) is 34.0 Å². The Kier molecular flexibility index (Phi) is 9.08. The van der Waals surface area contributed by atoms with Crippen LogP contribution in [0.5, 0.6) is 5.88 Å². The molecule has 56 heavy (non-hydrogen) atoms. The summed E-state index contributed by atoms with van der Waals surface area (Å²) in [6.07, 6.45) is 0.395. The number of aryl methyl sites for hydroxylation is 1. The molecule has 6 heterocycles. The molecule has 0 N–H and O–H groups in total. The fraction of sp³-hybridized carbons (Fsp3) is 0.350. The van der Waals surface area contributed by atoms with Crippen LogP contribution < -0.4 is 20.2 Å². The number of carbonyl (C=O) groups excluding carboxylic acids is 1. The second-order valence-electron chi connectivity index (χ2n) is 15.0. The second kappa shape index (κ2) is 13.8. The molecule has 0 bridgehead atoms. The van der Waals surface area contributed by atoms with E-state index in [0.717, 1.165) is 28.5 Å². The summed E-state index contributed by atoms with van der Waals surface area (Å²) < 4.78 is 58.2. The smallest absolute Gasteiger partial charge is 0.418 e. The summed E-state index contributed by atoms with van der Waals surface area (Å²) in [6.45, 7) is 7.66. The maximum atomic E-state index is 14.9. The average molecular weight is 768 g/mol. The highest BCUT2D eigenvalue weighted by atomic mass is 19.4. The van der Waals surface area contributed by atoms with Crippen molar-refractivity contribution in [2.45, 2.75) is 45.5 Å². The van der Waals surface area contributed by atoms with Crippen LogP contribution in [0.1, 0.15) is 37.6 Å². The minimum atomic E-state index is -4.70. The van der Waals surface area contributed by atoms with Gasteiger partial charge in [0.15, 0.2) is 0 Å². The minimum Gasteiger partial charge on any atom is -0.481 e. The van der Waals surface area contributed by atoms with E-state index in [1.165, 1.54) is 22.3 Å². The SMILES string of the molecule is COc1ccc(-c2ccc3ncc4c(c3c2)n(-c2ccc(N3CCN(c5ncc6c(n5)CCN(C(=O)OC(C)(C)C)C6)CC3)c(C(F)(F)F)c2)c(=O)n4C)cn1. The Hall–Kier alpha value is -6.19. The van der Waals surface area contributed by atoms with Crippen molar-refractivity contribution in [1.29, 1.82) is 0 Å². The Balaban J connectivity index is 1.07. The number of nitrogens with zero attached hydrogens (tertiary/aromatic N) is 9. The van der Waals surface area contributed by atoms with Gasteiger partial charge in [-0.2, -0.15) is 13.2 Å². The number of ether oxygens (including phenoxy) is 2. The van der Waals surface area contributed by atoms with Crippen LogP contribution in [0.15, 0.2) is 71.9 Å². The van der Waals surface area contributed by atoms with Crippen molar-refractivity contribution in [2.75, 3.05) is 49.6 Å². The van der Waals surface area contributed by atoms with Gasteiger partial charge in [0.2, 0.25) is 11.8 Å². The summed E-state index contributed by atoms with van der Waals surface area (Å²) in [5.41, 5.74) is 2.96. The van der Waals surface area contributed by atoms with Crippen molar-refractivity contribution in [3.63, 3.8) is 0 Å². The second-order valence-corrected chi connectivity index (χ2v) is 15.0. The molecule has 0 radical (unpaired) electrons. The van der Waals surface area contributed by atoms with Crippen LogP contribution in [0.25, 0.3) is 38.8 Å². The molecule has 0 aliphatic carbocycles. The third-order valence-electron chi connectivity index (χ3n) is 10.2. The standard InChI is InChI=1S/C40H40F3N9O4/c1-39(2,3)56-38(54)51-13-12-30-26(23-51)21-46-36(47-30)50-16-14-49(15-17-50)32-10-8-27(19-29(32)40(41,42)43)52-35-28-18-24(25-7-11-34(55-5)45-20-25)6-9-31(28)44-22-33(35)48(4)37(52)53/h6-11,18-22H,12-17,23H2,1-5H3. The summed E-state index contributed by atoms with van der Waals surface area (Å²) in [5.74, 6) is 0.962. The largest absolute Gasteiger partial charge is 0.481 e. The molecule has 1 amide bonds. The Morgan fingerprint density at radius 1 is 0.839 bits per heavy atom. The Bertz CT molecular complexity index is 2540. The summed E-state index contributed by atoms with van der Waals surface area (Å²) in [4.78, 5) is 49.9. The number of methoxy groups -OCH3 is 1. The van der Waals surface area contributed by atoms with E-state index in [4.69, 9.17) is 14.5 Å². The molecule has 1 fully saturated rings. The van der Waals surface area contributed by atoms with E-state index >= 15 is 0 Å². The monoisotopic (exact) mass is 767 g/mol. The number of halogens is 3. The number of hydrogen-bond acceptors (Lipinski definition) is 10. The molecule has 4 aromatic heterocycles. The van der Waals surface area contributed by atoms with Gasteiger partial charge in [0.25, 0.3) is 0 Å². The molecule has 16 heteroatoms. The van der Waals surface area contributed by atoms with E-state index in [1.54, 1.807) is 47.6 Å². The maximum Gasteiger partial charge on any atom is 0.418 e. The van der Waals surface area contributed by atoms with Gasteiger partial charge in [-0.25, -0.2) is 24.5 Å². The molecular formula is C40H40F3N9O4. The summed E-state index contributed by atoms with van der Waals surface area (Å²) in [6, 6.07) is 13.2. The molecular weight excluding hydrogens is 727 g/mol. The van der Waals surface area contributed by atoms with Gasteiger partial charge in [-0.3, -0.25) is 14.1 Å². The summed E-state index contributed by atoms with van der Waals surface area (Å²) >= 11 is 0. The number of fused-ring (bicyclic) bond motifs is 4. The van der Waals surface area contributed by atoms with E-state index in [-0.39, 0.29) is 17.5 Å². The van der Waals surface area contributed by atoms with Crippen molar-refractivity contribution in [2.24, 2.45) is 7.05 Å². The van der Waals surface area contributed by atoms with Gasteiger partial charge >= 0.3 is 18.0 Å². The highest BCUT2D eigenvalue weighted by Gasteiger charge is 2.37. The highest BCUT2D eigenvalue weighted by molar-refractivity contribution is 6.04. The fourth-order valence-electron chi connectivity index (χ4n) is 7.34. The predicted molar refractivity (Wildman–Crippen MR) is 205 cm³/mol. The first-order valence-corrected chi connectivity index (χ1v) is 18.2. The van der Waals surface area contributed by atoms with Crippen LogP contribution in [0.3, 0.4) is 0 Å². The minimum absolute atomic E-state index is 0.0311.